The van der Waals surface area contributed by atoms with E-state index in [1.807, 2.05) is 7.05 Å². The lowest BCUT2D eigenvalue weighted by Crippen LogP contribution is -1.96. The van der Waals surface area contributed by atoms with Gasteiger partial charge in [0.1, 0.15) is 4.60 Å². The maximum absolute atomic E-state index is 4.04. The smallest absolute Gasteiger partial charge is 0.126 e. The van der Waals surface area contributed by atoms with Crippen LogP contribution in [0.2, 0.25) is 0 Å². The Labute approximate surface area is 68.6 Å². The summed E-state index contributed by atoms with van der Waals surface area (Å²) in [7, 11) is 1.89. The largest absolute Gasteiger partial charge is 0.382 e. The molecule has 0 bridgehead atoms. The Morgan fingerprint density at radius 2 is 2.50 bits per heavy atom. The number of nitrogens with one attached hydrogen (secondary N) is 1. The van der Waals surface area contributed by atoms with Crippen LogP contribution in [0.25, 0.3) is 0 Å². The van der Waals surface area contributed by atoms with Gasteiger partial charge in [-0.25, -0.2) is 0 Å². The fourth-order valence-corrected chi connectivity index (χ4v) is 1.07. The minimum absolute atomic E-state index is 0.921. The van der Waals surface area contributed by atoms with E-state index < -0.39 is 0 Å². The number of nitrogens with zero attached hydrogens (tertiary/aromatic N) is 2. The minimum Gasteiger partial charge on any atom is -0.382 e. The highest BCUT2D eigenvalue weighted by Gasteiger charge is 2.01. The van der Waals surface area contributed by atoms with Crippen LogP contribution in [0.1, 0.15) is 6.92 Å². The monoisotopic (exact) mass is 203 g/mol. The molecule has 3 nitrogen and oxygen atoms in total. The Balaban J connectivity index is 2.83. The van der Waals surface area contributed by atoms with Crippen LogP contribution in [-0.2, 0) is 7.05 Å². The van der Waals surface area contributed by atoms with Crippen molar-refractivity contribution in [2.45, 2.75) is 6.92 Å². The van der Waals surface area contributed by atoms with Crippen molar-refractivity contribution in [3.63, 3.8) is 0 Å². The van der Waals surface area contributed by atoms with Crippen LogP contribution in [0.15, 0.2) is 10.8 Å². The summed E-state index contributed by atoms with van der Waals surface area (Å²) in [6, 6.07) is 0. The molecule has 1 aromatic heterocycles. The van der Waals surface area contributed by atoms with E-state index in [2.05, 4.69) is 33.3 Å². The number of hydrogen-bond acceptors (Lipinski definition) is 2. The second-order valence-electron chi connectivity index (χ2n) is 2.00. The van der Waals surface area contributed by atoms with Gasteiger partial charge in [-0.3, -0.25) is 4.68 Å². The van der Waals surface area contributed by atoms with Gasteiger partial charge in [-0.15, -0.1) is 0 Å². The van der Waals surface area contributed by atoms with E-state index in [1.165, 1.54) is 0 Å². The van der Waals surface area contributed by atoms with Crippen LogP contribution in [0.3, 0.4) is 0 Å². The van der Waals surface area contributed by atoms with Crippen molar-refractivity contribution in [1.29, 1.82) is 0 Å². The third-order valence-electron chi connectivity index (χ3n) is 1.23. The molecule has 0 aromatic carbocycles. The molecule has 0 aliphatic carbocycles. The second-order valence-corrected chi connectivity index (χ2v) is 2.75. The average molecular weight is 204 g/mol. The molecule has 0 fully saturated rings. The van der Waals surface area contributed by atoms with E-state index in [1.54, 1.807) is 10.9 Å². The maximum Gasteiger partial charge on any atom is 0.126 e. The molecule has 0 saturated carbocycles. The van der Waals surface area contributed by atoms with Gasteiger partial charge < -0.3 is 5.32 Å². The molecule has 0 aliphatic rings. The summed E-state index contributed by atoms with van der Waals surface area (Å²) in [6.07, 6.45) is 1.80. The molecule has 0 radical (unpaired) electrons. The van der Waals surface area contributed by atoms with Gasteiger partial charge in [0.15, 0.2) is 0 Å². The van der Waals surface area contributed by atoms with Gasteiger partial charge in [-0.1, -0.05) is 0 Å². The average Bonchev–Trinajstić information content (AvgIpc) is 2.20. The summed E-state index contributed by atoms with van der Waals surface area (Å²) in [6.45, 7) is 2.98. The van der Waals surface area contributed by atoms with E-state index in [4.69, 9.17) is 0 Å². The summed E-state index contributed by atoms with van der Waals surface area (Å²) >= 11 is 3.39. The Morgan fingerprint density at radius 3 is 2.90 bits per heavy atom. The molecule has 1 aromatic rings. The summed E-state index contributed by atoms with van der Waals surface area (Å²) < 4.78 is 2.77. The van der Waals surface area contributed by atoms with Crippen LogP contribution >= 0.6 is 15.9 Å². The fraction of sp³-hybridized carbons (Fsp3) is 0.500. The van der Waals surface area contributed by atoms with Crippen LogP contribution in [0.4, 0.5) is 5.69 Å². The molecule has 0 saturated heterocycles. The molecule has 0 amide bonds. The predicted octanol–water partition coefficient (Wildman–Crippen LogP) is 1.61. The lowest BCUT2D eigenvalue weighted by molar-refractivity contribution is 0.750. The van der Waals surface area contributed by atoms with E-state index in [9.17, 15) is 0 Å². The Kier molecular flexibility index (Phi) is 2.32. The van der Waals surface area contributed by atoms with E-state index in [-0.39, 0.29) is 0 Å². The van der Waals surface area contributed by atoms with Crippen LogP contribution in [0.5, 0.6) is 0 Å². The number of aromatic nitrogens is 2. The molecule has 0 aliphatic heterocycles. The topological polar surface area (TPSA) is 29.9 Å². The van der Waals surface area contributed by atoms with E-state index in [0.717, 1.165) is 16.8 Å². The molecule has 1 heterocycles. The van der Waals surface area contributed by atoms with Crippen LogP contribution in [0, 0.1) is 0 Å². The van der Waals surface area contributed by atoms with Gasteiger partial charge in [0.2, 0.25) is 0 Å². The molecule has 0 unspecified atom stereocenters. The third kappa shape index (κ3) is 1.31. The van der Waals surface area contributed by atoms with Gasteiger partial charge >= 0.3 is 0 Å². The van der Waals surface area contributed by atoms with Crippen molar-refractivity contribution in [2.24, 2.45) is 7.05 Å². The molecule has 0 atom stereocenters. The number of aryl methyl sites for hydroxylation is 1. The first-order valence-corrected chi connectivity index (χ1v) is 3.96. The first kappa shape index (κ1) is 7.60. The first-order chi connectivity index (χ1) is 4.75. The normalized spacial score (nSPS) is 9.90. The summed E-state index contributed by atoms with van der Waals surface area (Å²) in [5.41, 5.74) is 1.05. The molecule has 4 heteroatoms. The highest BCUT2D eigenvalue weighted by molar-refractivity contribution is 9.10. The fourth-order valence-electron chi connectivity index (χ4n) is 0.732. The van der Waals surface area contributed by atoms with E-state index in [0.29, 0.717) is 0 Å². The second kappa shape index (κ2) is 3.05. The maximum atomic E-state index is 4.04. The Morgan fingerprint density at radius 1 is 1.80 bits per heavy atom. The molecule has 10 heavy (non-hydrogen) atoms. The number of rotatable bonds is 2. The van der Waals surface area contributed by atoms with Crippen molar-refractivity contribution in [3.8, 4) is 0 Å². The molecule has 56 valence electrons. The van der Waals surface area contributed by atoms with Gasteiger partial charge in [0, 0.05) is 13.6 Å². The van der Waals surface area contributed by atoms with E-state index >= 15 is 0 Å². The SMILES string of the molecule is CCNc1cnn(C)c1Br. The van der Waals surface area contributed by atoms with Gasteiger partial charge in [0.25, 0.3) is 0 Å². The zero-order valence-electron chi connectivity index (χ0n) is 6.06. The minimum atomic E-state index is 0.921. The van der Waals surface area contributed by atoms with Gasteiger partial charge in [0.05, 0.1) is 11.9 Å². The summed E-state index contributed by atoms with van der Waals surface area (Å²) in [5, 5.41) is 7.21. The van der Waals surface area contributed by atoms with Gasteiger partial charge in [-0.05, 0) is 22.9 Å². The van der Waals surface area contributed by atoms with Gasteiger partial charge in [-0.2, -0.15) is 5.10 Å². The molecular formula is C6H10BrN3. The van der Waals surface area contributed by atoms with Crippen molar-refractivity contribution in [3.05, 3.63) is 10.8 Å². The highest BCUT2D eigenvalue weighted by atomic mass is 79.9. The zero-order valence-corrected chi connectivity index (χ0v) is 7.64. The van der Waals surface area contributed by atoms with Crippen molar-refractivity contribution in [2.75, 3.05) is 11.9 Å². The quantitative estimate of drug-likeness (QED) is 0.793. The van der Waals surface area contributed by atoms with Crippen molar-refractivity contribution in [1.82, 2.24) is 9.78 Å². The summed E-state index contributed by atoms with van der Waals surface area (Å²) in [5.74, 6) is 0. The Bertz CT molecular complexity index is 219. The molecule has 1 rings (SSSR count). The third-order valence-corrected chi connectivity index (χ3v) is 2.17. The lowest BCUT2D eigenvalue weighted by atomic mass is 10.5. The summed E-state index contributed by atoms with van der Waals surface area (Å²) in [4.78, 5) is 0. The molecule has 1 N–H and O–H groups in total. The van der Waals surface area contributed by atoms with Crippen molar-refractivity contribution < 1.29 is 0 Å². The number of anilines is 1. The standard InChI is InChI=1S/C6H10BrN3/c1-3-8-5-4-9-10(2)6(5)7/h4,8H,3H2,1-2H3. The van der Waals surface area contributed by atoms with Crippen LogP contribution < -0.4 is 5.32 Å². The highest BCUT2D eigenvalue weighted by Crippen LogP contribution is 2.19. The number of halogens is 1. The zero-order chi connectivity index (χ0) is 7.56. The molecule has 0 spiro atoms. The molecular weight excluding hydrogens is 194 g/mol. The predicted molar refractivity (Wildman–Crippen MR) is 45.1 cm³/mol. The number of hydrogen-bond donors (Lipinski definition) is 1. The lowest BCUT2D eigenvalue weighted by Gasteiger charge is -1.98. The first-order valence-electron chi connectivity index (χ1n) is 3.17. The Hall–Kier alpha value is -0.510. The van der Waals surface area contributed by atoms with Crippen LogP contribution in [-0.4, -0.2) is 16.3 Å². The van der Waals surface area contributed by atoms with Crippen molar-refractivity contribution >= 4 is 21.6 Å².